The van der Waals surface area contributed by atoms with E-state index >= 15 is 0 Å². The number of nitrogens with zero attached hydrogens (tertiary/aromatic N) is 3. The van der Waals surface area contributed by atoms with Crippen LogP contribution in [-0.4, -0.2) is 20.7 Å². The van der Waals surface area contributed by atoms with Gasteiger partial charge in [-0.25, -0.2) is 9.67 Å². The van der Waals surface area contributed by atoms with Crippen molar-refractivity contribution in [2.75, 3.05) is 0 Å². The third-order valence-electron chi connectivity index (χ3n) is 2.76. The molecule has 0 aliphatic rings. The van der Waals surface area contributed by atoms with Crippen molar-refractivity contribution in [3.63, 3.8) is 0 Å². The standard InChI is InChI=1S/C15H20N4O/c1-15(2,3)10-13(20)17-11-12-6-4-7-16-14(12)19-9-5-8-18-19/h4-9H,10-11H2,1-3H3,(H,17,20). The van der Waals surface area contributed by atoms with Crippen molar-refractivity contribution in [2.45, 2.75) is 33.7 Å². The first-order valence-corrected chi connectivity index (χ1v) is 6.66. The molecule has 0 aliphatic carbocycles. The van der Waals surface area contributed by atoms with Gasteiger partial charge in [0.1, 0.15) is 0 Å². The number of carbonyl (C=O) groups excluding carboxylic acids is 1. The monoisotopic (exact) mass is 272 g/mol. The minimum absolute atomic E-state index is 0.0101. The average molecular weight is 272 g/mol. The molecule has 20 heavy (non-hydrogen) atoms. The van der Waals surface area contributed by atoms with Gasteiger partial charge in [-0.15, -0.1) is 0 Å². The van der Waals surface area contributed by atoms with Gasteiger partial charge in [-0.1, -0.05) is 26.8 Å². The van der Waals surface area contributed by atoms with Crippen LogP contribution >= 0.6 is 0 Å². The van der Waals surface area contributed by atoms with E-state index in [1.165, 1.54) is 0 Å². The van der Waals surface area contributed by atoms with Gasteiger partial charge in [0.05, 0.1) is 0 Å². The van der Waals surface area contributed by atoms with Crippen molar-refractivity contribution >= 4 is 5.91 Å². The number of carbonyl (C=O) groups is 1. The third kappa shape index (κ3) is 3.91. The maximum absolute atomic E-state index is 11.9. The van der Waals surface area contributed by atoms with Gasteiger partial charge in [0.2, 0.25) is 5.91 Å². The predicted octanol–water partition coefficient (Wildman–Crippen LogP) is 2.32. The molecule has 0 saturated heterocycles. The van der Waals surface area contributed by atoms with Crippen molar-refractivity contribution in [3.8, 4) is 5.82 Å². The Morgan fingerprint density at radius 3 is 2.75 bits per heavy atom. The molecule has 106 valence electrons. The van der Waals surface area contributed by atoms with Crippen LogP contribution in [0.3, 0.4) is 0 Å². The van der Waals surface area contributed by atoms with Crippen molar-refractivity contribution in [3.05, 3.63) is 42.4 Å². The number of hydrogen-bond acceptors (Lipinski definition) is 3. The molecule has 2 rings (SSSR count). The number of rotatable bonds is 4. The molecule has 0 aliphatic heterocycles. The summed E-state index contributed by atoms with van der Waals surface area (Å²) in [4.78, 5) is 16.2. The summed E-state index contributed by atoms with van der Waals surface area (Å²) in [6, 6.07) is 5.65. The molecule has 2 aromatic rings. The van der Waals surface area contributed by atoms with Gasteiger partial charge in [-0.2, -0.15) is 5.10 Å². The highest BCUT2D eigenvalue weighted by molar-refractivity contribution is 5.76. The Labute approximate surface area is 119 Å². The van der Waals surface area contributed by atoms with E-state index in [1.807, 2.05) is 45.2 Å². The maximum atomic E-state index is 11.9. The fourth-order valence-electron chi connectivity index (χ4n) is 1.91. The molecule has 5 heteroatoms. The van der Waals surface area contributed by atoms with Crippen LogP contribution in [0, 0.1) is 5.41 Å². The zero-order valence-corrected chi connectivity index (χ0v) is 12.1. The van der Waals surface area contributed by atoms with Gasteiger partial charge < -0.3 is 5.32 Å². The van der Waals surface area contributed by atoms with Gasteiger partial charge >= 0.3 is 0 Å². The Balaban J connectivity index is 2.06. The molecule has 1 amide bonds. The molecule has 0 spiro atoms. The number of amides is 1. The van der Waals surface area contributed by atoms with Crippen LogP contribution in [0.5, 0.6) is 0 Å². The van der Waals surface area contributed by atoms with Crippen LogP contribution in [0.1, 0.15) is 32.8 Å². The van der Waals surface area contributed by atoms with E-state index in [9.17, 15) is 4.79 Å². The van der Waals surface area contributed by atoms with Crippen LogP contribution in [-0.2, 0) is 11.3 Å². The number of hydrogen-bond donors (Lipinski definition) is 1. The summed E-state index contributed by atoms with van der Waals surface area (Å²) in [5.41, 5.74) is 0.933. The summed E-state index contributed by atoms with van der Waals surface area (Å²) in [6.45, 7) is 6.60. The first-order valence-electron chi connectivity index (χ1n) is 6.66. The topological polar surface area (TPSA) is 59.8 Å². The van der Waals surface area contributed by atoms with Gasteiger partial charge in [-0.05, 0) is 17.5 Å². The van der Waals surface area contributed by atoms with Crippen molar-refractivity contribution in [2.24, 2.45) is 5.41 Å². The first-order chi connectivity index (χ1) is 9.46. The van der Waals surface area contributed by atoms with E-state index < -0.39 is 0 Å². The Morgan fingerprint density at radius 1 is 1.30 bits per heavy atom. The second-order valence-electron chi connectivity index (χ2n) is 5.95. The predicted molar refractivity (Wildman–Crippen MR) is 77.3 cm³/mol. The van der Waals surface area contributed by atoms with Crippen LogP contribution in [0.4, 0.5) is 0 Å². The normalized spacial score (nSPS) is 11.3. The minimum atomic E-state index is -0.0101. The minimum Gasteiger partial charge on any atom is -0.352 e. The van der Waals surface area contributed by atoms with Crippen molar-refractivity contribution in [1.29, 1.82) is 0 Å². The van der Waals surface area contributed by atoms with Crippen molar-refractivity contribution in [1.82, 2.24) is 20.1 Å². The molecule has 5 nitrogen and oxygen atoms in total. The highest BCUT2D eigenvalue weighted by atomic mass is 16.1. The van der Waals surface area contributed by atoms with Gasteiger partial charge in [0, 0.05) is 37.1 Å². The van der Waals surface area contributed by atoms with Crippen LogP contribution in [0.15, 0.2) is 36.8 Å². The van der Waals surface area contributed by atoms with E-state index in [0.717, 1.165) is 11.4 Å². The van der Waals surface area contributed by atoms with E-state index in [-0.39, 0.29) is 11.3 Å². The van der Waals surface area contributed by atoms with Gasteiger partial charge in [0.25, 0.3) is 0 Å². The van der Waals surface area contributed by atoms with Crippen LogP contribution in [0.2, 0.25) is 0 Å². The summed E-state index contributed by atoms with van der Waals surface area (Å²) in [7, 11) is 0. The Kier molecular flexibility index (Phi) is 4.17. The molecule has 0 aromatic carbocycles. The van der Waals surface area contributed by atoms with Crippen LogP contribution in [0.25, 0.3) is 5.82 Å². The molecule has 0 unspecified atom stereocenters. The molecule has 0 atom stereocenters. The smallest absolute Gasteiger partial charge is 0.220 e. The van der Waals surface area contributed by atoms with E-state index in [0.29, 0.717) is 13.0 Å². The number of aromatic nitrogens is 3. The Hall–Kier alpha value is -2.17. The van der Waals surface area contributed by atoms with Gasteiger partial charge in [0.15, 0.2) is 5.82 Å². The maximum Gasteiger partial charge on any atom is 0.220 e. The highest BCUT2D eigenvalue weighted by Gasteiger charge is 2.16. The molecule has 0 fully saturated rings. The lowest BCUT2D eigenvalue weighted by Crippen LogP contribution is -2.27. The van der Waals surface area contributed by atoms with Gasteiger partial charge in [-0.3, -0.25) is 4.79 Å². The number of nitrogens with one attached hydrogen (secondary N) is 1. The highest BCUT2D eigenvalue weighted by Crippen LogP contribution is 2.18. The Morgan fingerprint density at radius 2 is 2.10 bits per heavy atom. The molecular weight excluding hydrogens is 252 g/mol. The lowest BCUT2D eigenvalue weighted by Gasteiger charge is -2.17. The second-order valence-corrected chi connectivity index (χ2v) is 5.95. The van der Waals surface area contributed by atoms with E-state index in [2.05, 4.69) is 15.4 Å². The zero-order valence-electron chi connectivity index (χ0n) is 12.1. The largest absolute Gasteiger partial charge is 0.352 e. The average Bonchev–Trinajstić information content (AvgIpc) is 2.88. The molecule has 2 aromatic heterocycles. The summed E-state index contributed by atoms with van der Waals surface area (Å²) in [5.74, 6) is 0.793. The quantitative estimate of drug-likeness (QED) is 0.929. The second kappa shape index (κ2) is 5.86. The molecule has 0 bridgehead atoms. The fourth-order valence-corrected chi connectivity index (χ4v) is 1.91. The molecule has 2 heterocycles. The summed E-state index contributed by atoms with van der Waals surface area (Å²) in [5, 5.41) is 7.11. The summed E-state index contributed by atoms with van der Waals surface area (Å²) >= 11 is 0. The van der Waals surface area contributed by atoms with E-state index in [4.69, 9.17) is 0 Å². The lowest BCUT2D eigenvalue weighted by molar-refractivity contribution is -0.122. The number of pyridine rings is 1. The molecule has 1 N–H and O–H groups in total. The summed E-state index contributed by atoms with van der Waals surface area (Å²) in [6.07, 6.45) is 5.77. The van der Waals surface area contributed by atoms with E-state index in [1.54, 1.807) is 17.1 Å². The first kappa shape index (κ1) is 14.2. The molecular formula is C15H20N4O. The lowest BCUT2D eigenvalue weighted by atomic mass is 9.92. The fraction of sp³-hybridized carbons (Fsp3) is 0.400. The molecule has 0 radical (unpaired) electrons. The van der Waals surface area contributed by atoms with Crippen LogP contribution < -0.4 is 5.32 Å². The zero-order chi connectivity index (χ0) is 14.6. The SMILES string of the molecule is CC(C)(C)CC(=O)NCc1cccnc1-n1cccn1. The summed E-state index contributed by atoms with van der Waals surface area (Å²) < 4.78 is 1.70. The molecule has 0 saturated carbocycles. The third-order valence-corrected chi connectivity index (χ3v) is 2.76. The Bertz CT molecular complexity index is 570. The van der Waals surface area contributed by atoms with Crippen molar-refractivity contribution < 1.29 is 4.79 Å².